The Morgan fingerprint density at radius 2 is 2.00 bits per heavy atom. The van der Waals surface area contributed by atoms with Crippen LogP contribution in [0.25, 0.3) is 0 Å². The number of carbonyl (C=O) groups excluding carboxylic acids is 1. The molecule has 2 N–H and O–H groups in total. The zero-order chi connectivity index (χ0) is 15.6. The van der Waals surface area contributed by atoms with Gasteiger partial charge in [-0.3, -0.25) is 14.9 Å². The van der Waals surface area contributed by atoms with Crippen molar-refractivity contribution in [1.82, 2.24) is 0 Å². The SMILES string of the molecule is Cc1c(C(=O)Nc2sccc2C(=O)O)cccc1[N+](=O)[O-]. The normalized spacial score (nSPS) is 10.1. The number of thiophene rings is 1. The van der Waals surface area contributed by atoms with Crippen molar-refractivity contribution < 1.29 is 19.6 Å². The van der Waals surface area contributed by atoms with Crippen molar-refractivity contribution in [3.63, 3.8) is 0 Å². The first kappa shape index (κ1) is 14.7. The molecule has 1 aromatic heterocycles. The molecule has 0 spiro atoms. The van der Waals surface area contributed by atoms with E-state index in [-0.39, 0.29) is 27.4 Å². The van der Waals surface area contributed by atoms with E-state index < -0.39 is 16.8 Å². The molecule has 2 aromatic rings. The topological polar surface area (TPSA) is 110 Å². The first-order valence-electron chi connectivity index (χ1n) is 5.78. The summed E-state index contributed by atoms with van der Waals surface area (Å²) in [6.07, 6.45) is 0. The second-order valence-electron chi connectivity index (χ2n) is 4.13. The Balaban J connectivity index is 2.33. The number of rotatable bonds is 4. The number of nitrogens with zero attached hydrogens (tertiary/aromatic N) is 1. The minimum Gasteiger partial charge on any atom is -0.478 e. The maximum absolute atomic E-state index is 12.2. The number of nitro benzene ring substituents is 1. The summed E-state index contributed by atoms with van der Waals surface area (Å²) in [5, 5.41) is 24.0. The molecular formula is C13H10N2O5S. The van der Waals surface area contributed by atoms with E-state index in [1.807, 2.05) is 0 Å². The zero-order valence-electron chi connectivity index (χ0n) is 10.8. The highest BCUT2D eigenvalue weighted by Crippen LogP contribution is 2.26. The van der Waals surface area contributed by atoms with Gasteiger partial charge >= 0.3 is 5.97 Å². The minimum absolute atomic E-state index is 0.0172. The van der Waals surface area contributed by atoms with Gasteiger partial charge in [-0.15, -0.1) is 11.3 Å². The lowest BCUT2D eigenvalue weighted by Crippen LogP contribution is -2.15. The van der Waals surface area contributed by atoms with Gasteiger partial charge in [-0.2, -0.15) is 0 Å². The highest BCUT2D eigenvalue weighted by molar-refractivity contribution is 7.14. The molecule has 0 aliphatic rings. The number of carboxylic acid groups (broad SMARTS) is 1. The number of hydrogen-bond acceptors (Lipinski definition) is 5. The standard InChI is InChI=1S/C13H10N2O5S/c1-7-8(3-2-4-10(7)15(19)20)11(16)14-12-9(13(17)18)5-6-21-12/h2-6H,1H3,(H,14,16)(H,17,18). The molecule has 0 atom stereocenters. The quantitative estimate of drug-likeness (QED) is 0.666. The van der Waals surface area contributed by atoms with Gasteiger partial charge in [0.25, 0.3) is 11.6 Å². The van der Waals surface area contributed by atoms with E-state index in [1.165, 1.54) is 31.2 Å². The molecule has 1 heterocycles. The van der Waals surface area contributed by atoms with Gasteiger partial charge in [0.2, 0.25) is 0 Å². The van der Waals surface area contributed by atoms with Crippen LogP contribution in [0, 0.1) is 17.0 Å². The Kier molecular flexibility index (Phi) is 3.99. The summed E-state index contributed by atoms with van der Waals surface area (Å²) in [4.78, 5) is 33.4. The minimum atomic E-state index is -1.15. The molecular weight excluding hydrogens is 296 g/mol. The number of nitro groups is 1. The summed E-state index contributed by atoms with van der Waals surface area (Å²) in [5.41, 5.74) is 0.186. The molecule has 0 radical (unpaired) electrons. The molecule has 21 heavy (non-hydrogen) atoms. The lowest BCUT2D eigenvalue weighted by molar-refractivity contribution is -0.385. The Hall–Kier alpha value is -2.74. The fourth-order valence-corrected chi connectivity index (χ4v) is 2.59. The van der Waals surface area contributed by atoms with Crippen LogP contribution in [0.2, 0.25) is 0 Å². The molecule has 1 amide bonds. The summed E-state index contributed by atoms with van der Waals surface area (Å²) in [6.45, 7) is 1.47. The largest absolute Gasteiger partial charge is 0.478 e. The van der Waals surface area contributed by atoms with Crippen LogP contribution in [-0.4, -0.2) is 21.9 Å². The van der Waals surface area contributed by atoms with Crippen molar-refractivity contribution in [2.75, 3.05) is 5.32 Å². The molecule has 0 aliphatic heterocycles. The van der Waals surface area contributed by atoms with E-state index in [2.05, 4.69) is 5.32 Å². The molecule has 2 rings (SSSR count). The lowest BCUT2D eigenvalue weighted by Gasteiger charge is -2.07. The fourth-order valence-electron chi connectivity index (χ4n) is 1.81. The van der Waals surface area contributed by atoms with Crippen LogP contribution in [0.5, 0.6) is 0 Å². The van der Waals surface area contributed by atoms with Crippen molar-refractivity contribution in [2.45, 2.75) is 6.92 Å². The number of anilines is 1. The van der Waals surface area contributed by atoms with E-state index >= 15 is 0 Å². The number of carbonyl (C=O) groups is 2. The van der Waals surface area contributed by atoms with Gasteiger partial charge in [-0.25, -0.2) is 4.79 Å². The molecule has 0 saturated carbocycles. The second kappa shape index (κ2) is 5.71. The third kappa shape index (κ3) is 2.90. The van der Waals surface area contributed by atoms with E-state index in [1.54, 1.807) is 5.38 Å². The molecule has 0 bridgehead atoms. The average Bonchev–Trinajstić information content (AvgIpc) is 2.86. The molecule has 0 unspecified atom stereocenters. The smallest absolute Gasteiger partial charge is 0.338 e. The van der Waals surface area contributed by atoms with Crippen molar-refractivity contribution in [3.05, 3.63) is 56.5 Å². The number of benzene rings is 1. The predicted molar refractivity (Wildman–Crippen MR) is 77.1 cm³/mol. The van der Waals surface area contributed by atoms with Crippen molar-refractivity contribution in [1.29, 1.82) is 0 Å². The Morgan fingerprint density at radius 1 is 1.29 bits per heavy atom. The summed E-state index contributed by atoms with van der Waals surface area (Å²) >= 11 is 1.07. The molecule has 0 aliphatic carbocycles. The molecule has 7 nitrogen and oxygen atoms in total. The molecule has 0 fully saturated rings. The maximum Gasteiger partial charge on any atom is 0.338 e. The van der Waals surface area contributed by atoms with E-state index in [4.69, 9.17) is 5.11 Å². The number of nitrogens with one attached hydrogen (secondary N) is 1. The third-order valence-electron chi connectivity index (χ3n) is 2.87. The Labute approximate surface area is 123 Å². The first-order chi connectivity index (χ1) is 9.91. The van der Waals surface area contributed by atoms with E-state index in [0.717, 1.165) is 11.3 Å². The van der Waals surface area contributed by atoms with Gasteiger partial charge in [-0.05, 0) is 24.4 Å². The zero-order valence-corrected chi connectivity index (χ0v) is 11.6. The highest BCUT2D eigenvalue weighted by atomic mass is 32.1. The van der Waals surface area contributed by atoms with Gasteiger partial charge < -0.3 is 10.4 Å². The predicted octanol–water partition coefficient (Wildman–Crippen LogP) is 2.92. The number of aromatic carboxylic acids is 1. The van der Waals surface area contributed by atoms with Gasteiger partial charge in [0.05, 0.1) is 10.5 Å². The van der Waals surface area contributed by atoms with Gasteiger partial charge in [0.15, 0.2) is 0 Å². The molecule has 8 heteroatoms. The Morgan fingerprint density at radius 3 is 2.62 bits per heavy atom. The van der Waals surface area contributed by atoms with Crippen LogP contribution in [-0.2, 0) is 0 Å². The van der Waals surface area contributed by atoms with Gasteiger partial charge in [0, 0.05) is 17.2 Å². The van der Waals surface area contributed by atoms with Crippen molar-refractivity contribution in [3.8, 4) is 0 Å². The van der Waals surface area contributed by atoms with Crippen LogP contribution in [0.4, 0.5) is 10.7 Å². The lowest BCUT2D eigenvalue weighted by atomic mass is 10.1. The molecule has 108 valence electrons. The summed E-state index contributed by atoms with van der Waals surface area (Å²) in [7, 11) is 0. The Bertz CT molecular complexity index is 738. The molecule has 0 saturated heterocycles. The first-order valence-corrected chi connectivity index (χ1v) is 6.66. The second-order valence-corrected chi connectivity index (χ2v) is 5.05. The highest BCUT2D eigenvalue weighted by Gasteiger charge is 2.20. The number of hydrogen-bond donors (Lipinski definition) is 2. The summed E-state index contributed by atoms with van der Waals surface area (Å²) in [6, 6.07) is 5.54. The van der Waals surface area contributed by atoms with Crippen LogP contribution in [0.15, 0.2) is 29.6 Å². The maximum atomic E-state index is 12.2. The van der Waals surface area contributed by atoms with E-state index in [9.17, 15) is 19.7 Å². The monoisotopic (exact) mass is 306 g/mol. The van der Waals surface area contributed by atoms with Gasteiger partial charge in [-0.1, -0.05) is 6.07 Å². The van der Waals surface area contributed by atoms with Crippen LogP contribution < -0.4 is 5.32 Å². The van der Waals surface area contributed by atoms with Gasteiger partial charge in [0.1, 0.15) is 5.00 Å². The van der Waals surface area contributed by atoms with E-state index in [0.29, 0.717) is 0 Å². The molecule has 1 aromatic carbocycles. The number of carboxylic acids is 1. The number of amides is 1. The van der Waals surface area contributed by atoms with Crippen LogP contribution in [0.1, 0.15) is 26.3 Å². The summed E-state index contributed by atoms with van der Waals surface area (Å²) < 4.78 is 0. The fraction of sp³-hybridized carbons (Fsp3) is 0.0769. The average molecular weight is 306 g/mol. The van der Waals surface area contributed by atoms with Crippen LogP contribution >= 0.6 is 11.3 Å². The van der Waals surface area contributed by atoms with Crippen molar-refractivity contribution in [2.24, 2.45) is 0 Å². The van der Waals surface area contributed by atoms with Crippen molar-refractivity contribution >= 4 is 33.9 Å². The van der Waals surface area contributed by atoms with Crippen LogP contribution in [0.3, 0.4) is 0 Å². The summed E-state index contributed by atoms with van der Waals surface area (Å²) in [5.74, 6) is -1.73. The third-order valence-corrected chi connectivity index (χ3v) is 3.70.